The topological polar surface area (TPSA) is 46.2 Å². The van der Waals surface area contributed by atoms with E-state index in [0.717, 1.165) is 24.5 Å². The molecule has 1 N–H and O–H groups in total. The van der Waals surface area contributed by atoms with E-state index in [4.69, 9.17) is 11.6 Å². The van der Waals surface area contributed by atoms with Gasteiger partial charge in [-0.15, -0.1) is 11.6 Å². The van der Waals surface area contributed by atoms with Crippen LogP contribution in [0.5, 0.6) is 0 Å². The first kappa shape index (κ1) is 15.8. The molecule has 0 heterocycles. The average Bonchev–Trinajstić information content (AvgIpc) is 2.45. The van der Waals surface area contributed by atoms with Gasteiger partial charge in [0.05, 0.1) is 4.90 Å². The fraction of sp³-hybridized carbons (Fsp3) is 0.200. The normalized spacial score (nSPS) is 11.3. The molecule has 0 aliphatic carbocycles. The maximum Gasteiger partial charge on any atom is 0.261 e. The summed E-state index contributed by atoms with van der Waals surface area (Å²) in [6.45, 7) is 0. The molecule has 0 atom stereocenters. The molecule has 0 saturated carbocycles. The van der Waals surface area contributed by atoms with Crippen molar-refractivity contribution in [2.45, 2.75) is 17.7 Å². The Bertz CT molecular complexity index is 719. The number of benzene rings is 2. The van der Waals surface area contributed by atoms with E-state index in [2.05, 4.69) is 4.72 Å². The third-order valence-corrected chi connectivity index (χ3v) is 4.53. The number of hydrogen-bond donors (Lipinski definition) is 1. The van der Waals surface area contributed by atoms with Gasteiger partial charge in [0.25, 0.3) is 10.0 Å². The van der Waals surface area contributed by atoms with E-state index in [1.54, 1.807) is 18.2 Å². The van der Waals surface area contributed by atoms with E-state index < -0.39 is 15.8 Å². The van der Waals surface area contributed by atoms with Crippen molar-refractivity contribution in [1.29, 1.82) is 0 Å². The first-order valence-corrected chi connectivity index (χ1v) is 8.46. The first-order chi connectivity index (χ1) is 10.0. The van der Waals surface area contributed by atoms with Crippen molar-refractivity contribution in [1.82, 2.24) is 0 Å². The maximum atomic E-state index is 13.1. The zero-order valence-corrected chi connectivity index (χ0v) is 12.8. The van der Waals surface area contributed by atoms with Crippen LogP contribution >= 0.6 is 11.6 Å². The molecule has 2 aromatic carbocycles. The standard InChI is InChI=1S/C15H15ClFNO2S/c16-9-3-5-12-4-1-7-14(10-12)18-21(19,20)15-8-2-6-13(17)11-15/h1-2,4,6-8,10-11,18H,3,5,9H2. The monoisotopic (exact) mass is 327 g/mol. The predicted molar refractivity (Wildman–Crippen MR) is 82.7 cm³/mol. The van der Waals surface area contributed by atoms with Gasteiger partial charge in [-0.2, -0.15) is 0 Å². The highest BCUT2D eigenvalue weighted by Crippen LogP contribution is 2.18. The molecular formula is C15H15ClFNO2S. The highest BCUT2D eigenvalue weighted by Gasteiger charge is 2.14. The Labute approximate surface area is 128 Å². The summed E-state index contributed by atoms with van der Waals surface area (Å²) in [7, 11) is -3.79. The highest BCUT2D eigenvalue weighted by molar-refractivity contribution is 7.92. The number of halogens is 2. The van der Waals surface area contributed by atoms with Gasteiger partial charge in [-0.25, -0.2) is 12.8 Å². The van der Waals surface area contributed by atoms with Crippen LogP contribution in [0.2, 0.25) is 0 Å². The van der Waals surface area contributed by atoms with E-state index in [9.17, 15) is 12.8 Å². The van der Waals surface area contributed by atoms with E-state index in [-0.39, 0.29) is 4.90 Å². The molecule has 0 aromatic heterocycles. The van der Waals surface area contributed by atoms with Gasteiger partial charge >= 0.3 is 0 Å². The van der Waals surface area contributed by atoms with Crippen LogP contribution in [0, 0.1) is 5.82 Å². The molecule has 112 valence electrons. The first-order valence-electron chi connectivity index (χ1n) is 6.44. The van der Waals surface area contributed by atoms with Gasteiger partial charge in [-0.1, -0.05) is 18.2 Å². The number of nitrogens with one attached hydrogen (secondary N) is 1. The third kappa shape index (κ3) is 4.44. The van der Waals surface area contributed by atoms with Crippen molar-refractivity contribution < 1.29 is 12.8 Å². The average molecular weight is 328 g/mol. The molecule has 21 heavy (non-hydrogen) atoms. The molecule has 0 unspecified atom stereocenters. The Kier molecular flexibility index (Phi) is 5.20. The second-order valence-corrected chi connectivity index (χ2v) is 6.62. The lowest BCUT2D eigenvalue weighted by Gasteiger charge is -2.09. The summed E-state index contributed by atoms with van der Waals surface area (Å²) < 4.78 is 39.9. The lowest BCUT2D eigenvalue weighted by molar-refractivity contribution is 0.595. The molecule has 0 spiro atoms. The second-order valence-electron chi connectivity index (χ2n) is 4.56. The Morgan fingerprint density at radius 3 is 2.57 bits per heavy atom. The number of anilines is 1. The summed E-state index contributed by atoms with van der Waals surface area (Å²) in [6, 6.07) is 12.0. The van der Waals surface area contributed by atoms with E-state index in [1.165, 1.54) is 18.2 Å². The van der Waals surface area contributed by atoms with Gasteiger partial charge < -0.3 is 0 Å². The van der Waals surface area contributed by atoms with Crippen LogP contribution in [0.3, 0.4) is 0 Å². The van der Waals surface area contributed by atoms with E-state index in [0.29, 0.717) is 11.6 Å². The number of rotatable bonds is 6. The fourth-order valence-electron chi connectivity index (χ4n) is 1.91. The van der Waals surface area contributed by atoms with E-state index in [1.807, 2.05) is 6.07 Å². The highest BCUT2D eigenvalue weighted by atomic mass is 35.5. The largest absolute Gasteiger partial charge is 0.280 e. The van der Waals surface area contributed by atoms with Gasteiger partial charge in [-0.05, 0) is 48.7 Å². The molecular weight excluding hydrogens is 313 g/mol. The summed E-state index contributed by atoms with van der Waals surface area (Å²) in [5.74, 6) is -0.0343. The minimum atomic E-state index is -3.79. The summed E-state index contributed by atoms with van der Waals surface area (Å²) in [6.07, 6.45) is 1.60. The van der Waals surface area contributed by atoms with Gasteiger partial charge in [0.15, 0.2) is 0 Å². The van der Waals surface area contributed by atoms with Gasteiger partial charge in [0.2, 0.25) is 0 Å². The van der Waals surface area contributed by atoms with Gasteiger partial charge in [-0.3, -0.25) is 4.72 Å². The second kappa shape index (κ2) is 6.91. The number of sulfonamides is 1. The van der Waals surface area contributed by atoms with Crippen LogP contribution in [0.1, 0.15) is 12.0 Å². The van der Waals surface area contributed by atoms with Crippen LogP contribution in [-0.2, 0) is 16.4 Å². The Hall–Kier alpha value is -1.59. The van der Waals surface area contributed by atoms with Crippen molar-refractivity contribution >= 4 is 27.3 Å². The molecule has 0 aliphatic heterocycles. The van der Waals surface area contributed by atoms with Crippen molar-refractivity contribution in [3.63, 3.8) is 0 Å². The fourth-order valence-corrected chi connectivity index (χ4v) is 3.12. The minimum absolute atomic E-state index is 0.103. The maximum absolute atomic E-state index is 13.1. The molecule has 2 aromatic rings. The van der Waals surface area contributed by atoms with Crippen molar-refractivity contribution in [2.24, 2.45) is 0 Å². The van der Waals surface area contributed by atoms with Crippen molar-refractivity contribution in [3.05, 3.63) is 59.9 Å². The molecule has 6 heteroatoms. The molecule has 0 radical (unpaired) electrons. The lowest BCUT2D eigenvalue weighted by Crippen LogP contribution is -2.13. The summed E-state index contributed by atoms with van der Waals surface area (Å²) >= 11 is 5.65. The summed E-state index contributed by atoms with van der Waals surface area (Å²) in [5, 5.41) is 0. The lowest BCUT2D eigenvalue weighted by atomic mass is 10.1. The van der Waals surface area contributed by atoms with Gasteiger partial charge in [0.1, 0.15) is 5.82 Å². The zero-order chi connectivity index (χ0) is 15.3. The SMILES string of the molecule is O=S(=O)(Nc1cccc(CCCCl)c1)c1cccc(F)c1. The molecule has 0 saturated heterocycles. The van der Waals surface area contributed by atoms with Crippen LogP contribution < -0.4 is 4.72 Å². The molecule has 3 nitrogen and oxygen atoms in total. The molecule has 2 rings (SSSR count). The molecule has 0 amide bonds. The Morgan fingerprint density at radius 1 is 1.10 bits per heavy atom. The van der Waals surface area contributed by atoms with Crippen LogP contribution in [0.4, 0.5) is 10.1 Å². The number of alkyl halides is 1. The number of aryl methyl sites for hydroxylation is 1. The smallest absolute Gasteiger partial charge is 0.261 e. The molecule has 0 bridgehead atoms. The quantitative estimate of drug-likeness (QED) is 0.820. The molecule has 0 aliphatic rings. The van der Waals surface area contributed by atoms with Gasteiger partial charge in [0, 0.05) is 11.6 Å². The zero-order valence-electron chi connectivity index (χ0n) is 11.2. The third-order valence-electron chi connectivity index (χ3n) is 2.88. The summed E-state index contributed by atoms with van der Waals surface area (Å²) in [4.78, 5) is -0.103. The number of hydrogen-bond acceptors (Lipinski definition) is 2. The predicted octanol–water partition coefficient (Wildman–Crippen LogP) is 3.80. The minimum Gasteiger partial charge on any atom is -0.280 e. The molecule has 0 fully saturated rings. The van der Waals surface area contributed by atoms with Crippen molar-refractivity contribution in [2.75, 3.05) is 10.6 Å². The van der Waals surface area contributed by atoms with E-state index >= 15 is 0 Å². The van der Waals surface area contributed by atoms with Crippen LogP contribution in [0.25, 0.3) is 0 Å². The summed E-state index contributed by atoms with van der Waals surface area (Å²) in [5.41, 5.74) is 1.45. The van der Waals surface area contributed by atoms with Crippen LogP contribution in [-0.4, -0.2) is 14.3 Å². The Morgan fingerprint density at radius 2 is 1.86 bits per heavy atom. The van der Waals surface area contributed by atoms with Crippen molar-refractivity contribution in [3.8, 4) is 0 Å². The van der Waals surface area contributed by atoms with Crippen LogP contribution in [0.15, 0.2) is 53.4 Å². The Balaban J connectivity index is 2.20.